The zero-order valence-corrected chi connectivity index (χ0v) is 6.38. The van der Waals surface area contributed by atoms with E-state index < -0.39 is 0 Å². The smallest absolute Gasteiger partial charge is 0.487 e. The Bertz CT molecular complexity index is 111. The van der Waals surface area contributed by atoms with Gasteiger partial charge in [0.2, 0.25) is 0 Å². The standard InChI is InChI=1S/C5H8O3Si/c1-3-4-5(6)8-9-7-2/h3-4H,1-2H3/b4-3+. The summed E-state index contributed by atoms with van der Waals surface area (Å²) in [5.74, 6) is -0.363. The Hall–Kier alpha value is -0.613. The molecular weight excluding hydrogens is 136 g/mol. The first-order valence-corrected chi connectivity index (χ1v) is 3.24. The van der Waals surface area contributed by atoms with Gasteiger partial charge < -0.3 is 8.85 Å². The predicted octanol–water partition coefficient (Wildman–Crippen LogP) is 0.286. The van der Waals surface area contributed by atoms with Gasteiger partial charge in [-0.15, -0.1) is 0 Å². The summed E-state index contributed by atoms with van der Waals surface area (Å²) in [4.78, 5) is 10.4. The molecule has 0 aliphatic rings. The van der Waals surface area contributed by atoms with Crippen molar-refractivity contribution in [1.29, 1.82) is 0 Å². The molecule has 2 radical (unpaired) electrons. The van der Waals surface area contributed by atoms with Crippen molar-refractivity contribution >= 4 is 16.0 Å². The zero-order chi connectivity index (χ0) is 7.11. The first kappa shape index (κ1) is 8.39. The Morgan fingerprint density at radius 2 is 2.33 bits per heavy atom. The van der Waals surface area contributed by atoms with Crippen LogP contribution in [0.2, 0.25) is 0 Å². The first-order chi connectivity index (χ1) is 4.31. The van der Waals surface area contributed by atoms with Gasteiger partial charge in [0.15, 0.2) is 0 Å². The molecule has 0 aromatic rings. The van der Waals surface area contributed by atoms with Crippen LogP contribution in [0.25, 0.3) is 0 Å². The molecule has 0 unspecified atom stereocenters. The number of hydrogen-bond donors (Lipinski definition) is 0. The van der Waals surface area contributed by atoms with Crippen molar-refractivity contribution < 1.29 is 13.6 Å². The molecule has 3 nitrogen and oxygen atoms in total. The molecule has 0 aliphatic carbocycles. The molecule has 0 fully saturated rings. The third-order valence-electron chi connectivity index (χ3n) is 0.528. The third kappa shape index (κ3) is 5.25. The molecule has 4 heteroatoms. The monoisotopic (exact) mass is 144 g/mol. The summed E-state index contributed by atoms with van der Waals surface area (Å²) in [6.07, 6.45) is 2.95. The summed E-state index contributed by atoms with van der Waals surface area (Å²) in [7, 11) is 1.28. The SMILES string of the molecule is C/C=C/C(=O)O[Si]OC. The van der Waals surface area contributed by atoms with Gasteiger partial charge >= 0.3 is 16.0 Å². The average Bonchev–Trinajstić information content (AvgIpc) is 1.85. The summed E-state index contributed by atoms with van der Waals surface area (Å²) in [5.41, 5.74) is 0. The maximum absolute atomic E-state index is 10.4. The number of allylic oxidation sites excluding steroid dienone is 1. The van der Waals surface area contributed by atoms with Crippen LogP contribution in [0.5, 0.6) is 0 Å². The third-order valence-corrected chi connectivity index (χ3v) is 0.980. The molecule has 0 amide bonds. The van der Waals surface area contributed by atoms with Crippen LogP contribution in [-0.4, -0.2) is 23.1 Å². The van der Waals surface area contributed by atoms with Gasteiger partial charge in [0.1, 0.15) is 0 Å². The van der Waals surface area contributed by atoms with Crippen LogP contribution in [0.1, 0.15) is 6.92 Å². The predicted molar refractivity (Wildman–Crippen MR) is 33.7 cm³/mol. The first-order valence-electron chi connectivity index (χ1n) is 2.42. The maximum atomic E-state index is 10.4. The van der Waals surface area contributed by atoms with Crippen LogP contribution in [-0.2, 0) is 13.6 Å². The van der Waals surface area contributed by atoms with E-state index in [0.29, 0.717) is 0 Å². The van der Waals surface area contributed by atoms with Crippen molar-refractivity contribution in [3.63, 3.8) is 0 Å². The molecule has 0 N–H and O–H groups in total. The highest BCUT2D eigenvalue weighted by molar-refractivity contribution is 6.23. The lowest BCUT2D eigenvalue weighted by Crippen LogP contribution is -2.06. The molecule has 0 saturated carbocycles. The summed E-state index contributed by atoms with van der Waals surface area (Å²) < 4.78 is 9.02. The van der Waals surface area contributed by atoms with Crippen LogP contribution in [0.4, 0.5) is 0 Å². The molecule has 0 spiro atoms. The largest absolute Gasteiger partial charge is 0.523 e. The Labute approximate surface area is 56.7 Å². The number of carbonyl (C=O) groups excluding carboxylic acids is 1. The second-order valence-electron chi connectivity index (χ2n) is 1.21. The molecule has 0 aromatic carbocycles. The van der Waals surface area contributed by atoms with E-state index in [4.69, 9.17) is 0 Å². The molecule has 50 valence electrons. The van der Waals surface area contributed by atoms with E-state index in [1.807, 2.05) is 0 Å². The second-order valence-corrected chi connectivity index (χ2v) is 1.99. The van der Waals surface area contributed by atoms with Crippen LogP contribution in [0.3, 0.4) is 0 Å². The van der Waals surface area contributed by atoms with Crippen LogP contribution >= 0.6 is 0 Å². The summed E-state index contributed by atoms with van der Waals surface area (Å²) >= 11 is 0. The van der Waals surface area contributed by atoms with Crippen molar-refractivity contribution in [2.45, 2.75) is 6.92 Å². The van der Waals surface area contributed by atoms with Crippen LogP contribution in [0.15, 0.2) is 12.2 Å². The molecule has 0 rings (SSSR count). The van der Waals surface area contributed by atoms with Gasteiger partial charge in [0.25, 0.3) is 0 Å². The van der Waals surface area contributed by atoms with Gasteiger partial charge in [0, 0.05) is 13.2 Å². The minimum absolute atomic E-state index is 0.196. The number of hydrogen-bond acceptors (Lipinski definition) is 3. The lowest BCUT2D eigenvalue weighted by Gasteiger charge is -1.93. The maximum Gasteiger partial charge on any atom is 0.523 e. The number of carbonyl (C=O) groups is 1. The summed E-state index contributed by atoms with van der Waals surface area (Å²) in [6.45, 7) is 1.75. The van der Waals surface area contributed by atoms with E-state index >= 15 is 0 Å². The molecular formula is C5H8O3Si. The Morgan fingerprint density at radius 3 is 2.78 bits per heavy atom. The summed E-state index contributed by atoms with van der Waals surface area (Å²) in [5, 5.41) is 0. The zero-order valence-electron chi connectivity index (χ0n) is 5.38. The lowest BCUT2D eigenvalue weighted by molar-refractivity contribution is -0.129. The van der Waals surface area contributed by atoms with Gasteiger partial charge in [-0.25, -0.2) is 4.79 Å². The van der Waals surface area contributed by atoms with E-state index in [0.717, 1.165) is 0 Å². The van der Waals surface area contributed by atoms with E-state index in [1.54, 1.807) is 13.0 Å². The Morgan fingerprint density at radius 1 is 1.67 bits per heavy atom. The van der Waals surface area contributed by atoms with Crippen LogP contribution < -0.4 is 0 Å². The fourth-order valence-corrected chi connectivity index (χ4v) is 0.486. The minimum Gasteiger partial charge on any atom is -0.487 e. The topological polar surface area (TPSA) is 35.5 Å². The molecule has 0 saturated heterocycles. The molecule has 0 aliphatic heterocycles. The van der Waals surface area contributed by atoms with E-state index in [2.05, 4.69) is 8.85 Å². The van der Waals surface area contributed by atoms with Gasteiger partial charge in [-0.3, -0.25) is 0 Å². The normalized spacial score (nSPS) is 10.0. The molecule has 0 bridgehead atoms. The highest BCUT2D eigenvalue weighted by Crippen LogP contribution is 1.77. The summed E-state index contributed by atoms with van der Waals surface area (Å²) in [6, 6.07) is 0. The fourth-order valence-electron chi connectivity index (χ4n) is 0.253. The van der Waals surface area contributed by atoms with Crippen molar-refractivity contribution in [3.8, 4) is 0 Å². The number of rotatable bonds is 3. The van der Waals surface area contributed by atoms with Gasteiger partial charge in [0.05, 0.1) is 0 Å². The second kappa shape index (κ2) is 5.52. The minimum atomic E-state index is -0.363. The van der Waals surface area contributed by atoms with Crippen molar-refractivity contribution in [2.75, 3.05) is 7.11 Å². The van der Waals surface area contributed by atoms with Gasteiger partial charge in [-0.05, 0) is 6.92 Å². The van der Waals surface area contributed by atoms with E-state index in [-0.39, 0.29) is 16.0 Å². The highest BCUT2D eigenvalue weighted by Gasteiger charge is 1.95. The van der Waals surface area contributed by atoms with E-state index in [1.165, 1.54) is 13.2 Å². The quantitative estimate of drug-likeness (QED) is 0.422. The molecule has 0 aromatic heterocycles. The van der Waals surface area contributed by atoms with Crippen molar-refractivity contribution in [2.24, 2.45) is 0 Å². The molecule has 0 atom stereocenters. The highest BCUT2D eigenvalue weighted by atomic mass is 28.3. The fraction of sp³-hybridized carbons (Fsp3) is 0.400. The molecule has 0 heterocycles. The Balaban J connectivity index is 3.27. The van der Waals surface area contributed by atoms with E-state index in [9.17, 15) is 4.79 Å². The van der Waals surface area contributed by atoms with Crippen molar-refractivity contribution in [1.82, 2.24) is 0 Å². The van der Waals surface area contributed by atoms with Gasteiger partial charge in [-0.1, -0.05) is 6.08 Å². The lowest BCUT2D eigenvalue weighted by atomic mass is 10.5. The molecule has 9 heavy (non-hydrogen) atoms. The average molecular weight is 144 g/mol. The van der Waals surface area contributed by atoms with Gasteiger partial charge in [-0.2, -0.15) is 0 Å². The van der Waals surface area contributed by atoms with Crippen molar-refractivity contribution in [3.05, 3.63) is 12.2 Å². The van der Waals surface area contributed by atoms with Crippen LogP contribution in [0, 0.1) is 0 Å². The Kier molecular flexibility index (Phi) is 5.15.